The first-order valence-electron chi connectivity index (χ1n) is 7.75. The molecule has 25 heavy (non-hydrogen) atoms. The van der Waals surface area contributed by atoms with Crippen molar-refractivity contribution in [2.24, 2.45) is 10.7 Å². The van der Waals surface area contributed by atoms with Crippen LogP contribution < -0.4 is 21.1 Å². The number of ether oxygens (including phenoxy) is 1. The van der Waals surface area contributed by atoms with Gasteiger partial charge in [-0.3, -0.25) is 9.79 Å². The fourth-order valence-electron chi connectivity index (χ4n) is 2.17. The van der Waals surface area contributed by atoms with Crippen molar-refractivity contribution in [3.05, 3.63) is 58.6 Å². The van der Waals surface area contributed by atoms with Gasteiger partial charge in [0.15, 0.2) is 5.96 Å². The van der Waals surface area contributed by atoms with Crippen LogP contribution in [0.1, 0.15) is 15.9 Å². The van der Waals surface area contributed by atoms with Gasteiger partial charge in [0.2, 0.25) is 0 Å². The van der Waals surface area contributed by atoms with Gasteiger partial charge in [0.25, 0.3) is 5.91 Å². The number of carbonyl (C=O) groups excluding carboxylic acids is 1. The summed E-state index contributed by atoms with van der Waals surface area (Å²) in [4.78, 5) is 16.2. The van der Waals surface area contributed by atoms with E-state index in [1.165, 1.54) is 0 Å². The first-order chi connectivity index (χ1) is 12.0. The molecule has 132 valence electrons. The van der Waals surface area contributed by atoms with Crippen LogP contribution in [0.3, 0.4) is 0 Å². The number of methoxy groups -OCH3 is 1. The van der Waals surface area contributed by atoms with Crippen LogP contribution in [-0.2, 0) is 0 Å². The van der Waals surface area contributed by atoms with Crippen molar-refractivity contribution in [3.63, 3.8) is 0 Å². The first kappa shape index (κ1) is 18.6. The molecule has 1 amide bonds. The zero-order chi connectivity index (χ0) is 18.2. The molecular weight excluding hydrogens is 340 g/mol. The van der Waals surface area contributed by atoms with E-state index in [0.29, 0.717) is 35.1 Å². The highest BCUT2D eigenvalue weighted by atomic mass is 35.5. The van der Waals surface area contributed by atoms with Gasteiger partial charge in [-0.15, -0.1) is 0 Å². The second kappa shape index (κ2) is 8.94. The molecule has 2 aromatic rings. The molecule has 0 aromatic heterocycles. The molecule has 7 heteroatoms. The number of benzene rings is 2. The number of carbonyl (C=O) groups is 1. The maximum Gasteiger partial charge on any atom is 0.251 e. The van der Waals surface area contributed by atoms with Crippen molar-refractivity contribution in [2.45, 2.75) is 6.92 Å². The molecule has 0 fully saturated rings. The largest absolute Gasteiger partial charge is 0.495 e. The van der Waals surface area contributed by atoms with E-state index < -0.39 is 0 Å². The zero-order valence-electron chi connectivity index (χ0n) is 14.2. The van der Waals surface area contributed by atoms with Gasteiger partial charge in [0.1, 0.15) is 5.75 Å². The highest BCUT2D eigenvalue weighted by Crippen LogP contribution is 2.26. The summed E-state index contributed by atoms with van der Waals surface area (Å²) in [5.41, 5.74) is 8.20. The number of nitrogens with zero attached hydrogens (tertiary/aromatic N) is 1. The van der Waals surface area contributed by atoms with E-state index in [1.807, 2.05) is 25.1 Å². The highest BCUT2D eigenvalue weighted by Gasteiger charge is 2.05. The average Bonchev–Trinajstić information content (AvgIpc) is 2.58. The van der Waals surface area contributed by atoms with E-state index in [4.69, 9.17) is 22.1 Å². The topological polar surface area (TPSA) is 88.7 Å². The fourth-order valence-corrected chi connectivity index (χ4v) is 2.42. The maximum atomic E-state index is 12.0. The van der Waals surface area contributed by atoms with Crippen LogP contribution in [0.4, 0.5) is 5.69 Å². The normalized spacial score (nSPS) is 11.1. The van der Waals surface area contributed by atoms with Gasteiger partial charge in [0.05, 0.1) is 18.7 Å². The number of nitrogens with two attached hydrogens (primary N) is 1. The SMILES string of the molecule is COc1ccc(NC(N)=NCCNC(=O)c2cccc(C)c2)cc1Cl. The highest BCUT2D eigenvalue weighted by molar-refractivity contribution is 6.32. The molecule has 0 saturated heterocycles. The summed E-state index contributed by atoms with van der Waals surface area (Å²) in [6.07, 6.45) is 0. The number of halogens is 1. The van der Waals surface area contributed by atoms with E-state index in [2.05, 4.69) is 15.6 Å². The summed E-state index contributed by atoms with van der Waals surface area (Å²) >= 11 is 6.05. The lowest BCUT2D eigenvalue weighted by Crippen LogP contribution is -2.28. The fraction of sp³-hybridized carbons (Fsp3) is 0.222. The first-order valence-corrected chi connectivity index (χ1v) is 8.12. The Morgan fingerprint density at radius 3 is 2.76 bits per heavy atom. The van der Waals surface area contributed by atoms with Crippen molar-refractivity contribution in [2.75, 3.05) is 25.5 Å². The molecule has 0 aliphatic rings. The Kier molecular flexibility index (Phi) is 6.65. The third-order valence-electron chi connectivity index (χ3n) is 3.38. The molecule has 6 nitrogen and oxygen atoms in total. The molecule has 2 aromatic carbocycles. The van der Waals surface area contributed by atoms with E-state index in [-0.39, 0.29) is 11.9 Å². The number of anilines is 1. The number of amides is 1. The minimum absolute atomic E-state index is 0.132. The van der Waals surface area contributed by atoms with Crippen LogP contribution in [0.25, 0.3) is 0 Å². The second-order valence-electron chi connectivity index (χ2n) is 5.37. The smallest absolute Gasteiger partial charge is 0.251 e. The van der Waals surface area contributed by atoms with Gasteiger partial charge in [0, 0.05) is 17.8 Å². The number of hydrogen-bond acceptors (Lipinski definition) is 3. The zero-order valence-corrected chi connectivity index (χ0v) is 14.9. The lowest BCUT2D eigenvalue weighted by atomic mass is 10.1. The van der Waals surface area contributed by atoms with Crippen LogP contribution in [-0.4, -0.2) is 32.1 Å². The Balaban J connectivity index is 1.81. The molecule has 4 N–H and O–H groups in total. The molecule has 0 heterocycles. The number of rotatable bonds is 6. The van der Waals surface area contributed by atoms with Crippen LogP contribution in [0.2, 0.25) is 5.02 Å². The van der Waals surface area contributed by atoms with Crippen LogP contribution in [0.5, 0.6) is 5.75 Å². The average molecular weight is 361 g/mol. The Morgan fingerprint density at radius 1 is 1.28 bits per heavy atom. The summed E-state index contributed by atoms with van der Waals surface area (Å²) in [6, 6.07) is 12.6. The predicted octanol–water partition coefficient (Wildman–Crippen LogP) is 2.81. The van der Waals surface area contributed by atoms with Gasteiger partial charge in [-0.2, -0.15) is 0 Å². The Labute approximate surface area is 152 Å². The minimum atomic E-state index is -0.132. The summed E-state index contributed by atoms with van der Waals surface area (Å²) in [5, 5.41) is 6.22. The molecule has 0 atom stereocenters. The third-order valence-corrected chi connectivity index (χ3v) is 3.68. The molecule has 0 bridgehead atoms. The van der Waals surface area contributed by atoms with Crippen molar-refractivity contribution in [3.8, 4) is 5.75 Å². The second-order valence-corrected chi connectivity index (χ2v) is 5.77. The van der Waals surface area contributed by atoms with Gasteiger partial charge in [-0.25, -0.2) is 0 Å². The standard InChI is InChI=1S/C18H21ClN4O2/c1-12-4-3-5-13(10-12)17(24)21-8-9-22-18(20)23-14-6-7-16(25-2)15(19)11-14/h3-7,10-11H,8-9H2,1-2H3,(H,21,24)(H3,20,22,23). The number of guanidine groups is 1. The lowest BCUT2D eigenvalue weighted by molar-refractivity contribution is 0.0954. The Bertz CT molecular complexity index is 777. The summed E-state index contributed by atoms with van der Waals surface area (Å²) in [5.74, 6) is 0.694. The lowest BCUT2D eigenvalue weighted by Gasteiger charge is -2.09. The van der Waals surface area contributed by atoms with Gasteiger partial charge >= 0.3 is 0 Å². The van der Waals surface area contributed by atoms with Gasteiger partial charge < -0.3 is 21.1 Å². The van der Waals surface area contributed by atoms with Gasteiger partial charge in [-0.1, -0.05) is 29.3 Å². The summed E-state index contributed by atoms with van der Waals surface area (Å²) < 4.78 is 5.09. The summed E-state index contributed by atoms with van der Waals surface area (Å²) in [7, 11) is 1.55. The number of hydrogen-bond donors (Lipinski definition) is 3. The molecule has 2 rings (SSSR count). The predicted molar refractivity (Wildman–Crippen MR) is 102 cm³/mol. The quantitative estimate of drug-likeness (QED) is 0.420. The van der Waals surface area contributed by atoms with E-state index in [1.54, 1.807) is 31.4 Å². The Hall–Kier alpha value is -2.73. The molecule has 0 spiro atoms. The number of aliphatic imine (C=N–C) groups is 1. The van der Waals surface area contributed by atoms with Crippen molar-refractivity contribution in [1.29, 1.82) is 0 Å². The maximum absolute atomic E-state index is 12.0. The molecule has 0 radical (unpaired) electrons. The van der Waals surface area contributed by atoms with Gasteiger partial charge in [-0.05, 0) is 37.3 Å². The number of nitrogens with one attached hydrogen (secondary N) is 2. The molecule has 0 unspecified atom stereocenters. The molecule has 0 aliphatic carbocycles. The third kappa shape index (κ3) is 5.69. The monoisotopic (exact) mass is 360 g/mol. The van der Waals surface area contributed by atoms with Crippen LogP contribution in [0, 0.1) is 6.92 Å². The van der Waals surface area contributed by atoms with Crippen molar-refractivity contribution >= 4 is 29.2 Å². The van der Waals surface area contributed by atoms with Crippen LogP contribution >= 0.6 is 11.6 Å². The van der Waals surface area contributed by atoms with E-state index in [0.717, 1.165) is 5.56 Å². The van der Waals surface area contributed by atoms with E-state index in [9.17, 15) is 4.79 Å². The van der Waals surface area contributed by atoms with E-state index >= 15 is 0 Å². The Morgan fingerprint density at radius 2 is 2.08 bits per heavy atom. The minimum Gasteiger partial charge on any atom is -0.495 e. The molecular formula is C18H21ClN4O2. The molecule has 0 saturated carbocycles. The summed E-state index contributed by atoms with van der Waals surface area (Å²) in [6.45, 7) is 2.69. The van der Waals surface area contributed by atoms with Crippen molar-refractivity contribution < 1.29 is 9.53 Å². The number of aryl methyl sites for hydroxylation is 1. The van der Waals surface area contributed by atoms with Crippen LogP contribution in [0.15, 0.2) is 47.5 Å². The molecule has 0 aliphatic heterocycles. The van der Waals surface area contributed by atoms with Crippen molar-refractivity contribution in [1.82, 2.24) is 5.32 Å².